The van der Waals surface area contributed by atoms with Crippen LogP contribution in [0.3, 0.4) is 0 Å². The monoisotopic (exact) mass is 367 g/mol. The van der Waals surface area contributed by atoms with Crippen LogP contribution in [-0.4, -0.2) is 36.6 Å². The molecule has 1 rings (SSSR count). The summed E-state index contributed by atoms with van der Waals surface area (Å²) in [6.07, 6.45) is -8.73. The Morgan fingerprint density at radius 3 is 2.04 bits per heavy atom. The number of alkyl halides is 5. The van der Waals surface area contributed by atoms with Crippen LogP contribution in [0.15, 0.2) is 24.3 Å². The van der Waals surface area contributed by atoms with Gasteiger partial charge in [-0.3, -0.25) is 14.1 Å². The number of ether oxygens (including phenoxy) is 1. The molecule has 9 heteroatoms. The number of halogens is 5. The van der Waals surface area contributed by atoms with E-state index in [1.54, 1.807) is 20.8 Å². The van der Waals surface area contributed by atoms with E-state index in [0.717, 1.165) is 24.3 Å². The van der Waals surface area contributed by atoms with Gasteiger partial charge in [0.05, 0.1) is 12.2 Å². The second-order valence-corrected chi connectivity index (χ2v) is 6.13. The molecule has 0 spiro atoms. The minimum atomic E-state index is -5.33. The summed E-state index contributed by atoms with van der Waals surface area (Å²) in [5, 5.41) is 0. The Kier molecular flexibility index (Phi) is 6.50. The van der Waals surface area contributed by atoms with E-state index in [-0.39, 0.29) is 10.5 Å². The van der Waals surface area contributed by atoms with Crippen LogP contribution < -0.4 is 4.90 Å². The molecule has 1 aromatic rings. The van der Waals surface area contributed by atoms with Gasteiger partial charge in [-0.2, -0.15) is 13.2 Å². The third-order valence-electron chi connectivity index (χ3n) is 2.87. The first-order chi connectivity index (χ1) is 11.4. The summed E-state index contributed by atoms with van der Waals surface area (Å²) in [5.41, 5.74) is -1.21. The van der Waals surface area contributed by atoms with Gasteiger partial charge in [-0.25, -0.2) is 9.18 Å². The van der Waals surface area contributed by atoms with E-state index in [1.165, 1.54) is 0 Å². The van der Waals surface area contributed by atoms with Crippen LogP contribution in [0.1, 0.15) is 37.6 Å². The van der Waals surface area contributed by atoms with E-state index in [0.29, 0.717) is 0 Å². The lowest BCUT2D eigenvalue weighted by Gasteiger charge is -2.27. The van der Waals surface area contributed by atoms with Crippen LogP contribution in [0.4, 0.5) is 27.6 Å². The van der Waals surface area contributed by atoms with Crippen molar-refractivity contribution in [1.29, 1.82) is 0 Å². The first-order valence-electron chi connectivity index (χ1n) is 7.30. The molecule has 0 bridgehead atoms. The van der Waals surface area contributed by atoms with Crippen molar-refractivity contribution < 1.29 is 36.3 Å². The molecule has 4 nitrogen and oxygen atoms in total. The third-order valence-corrected chi connectivity index (χ3v) is 2.87. The molecule has 1 atom stereocenters. The van der Waals surface area contributed by atoms with Crippen LogP contribution in [0.2, 0.25) is 0 Å². The van der Waals surface area contributed by atoms with E-state index in [2.05, 4.69) is 0 Å². The molecule has 0 aliphatic carbocycles. The summed E-state index contributed by atoms with van der Waals surface area (Å²) in [4.78, 5) is 23.1. The quantitative estimate of drug-likeness (QED) is 0.445. The van der Waals surface area contributed by atoms with E-state index in [9.17, 15) is 31.5 Å². The highest BCUT2D eigenvalue weighted by atomic mass is 19.4. The summed E-state index contributed by atoms with van der Waals surface area (Å²) >= 11 is 0. The Hall–Kier alpha value is -2.19. The van der Waals surface area contributed by atoms with Crippen LogP contribution in [-0.2, 0) is 9.53 Å². The van der Waals surface area contributed by atoms with Gasteiger partial charge in [-0.15, -0.1) is 0 Å². The average Bonchev–Trinajstić information content (AvgIpc) is 2.45. The Morgan fingerprint density at radius 1 is 1.12 bits per heavy atom. The molecule has 0 heterocycles. The first kappa shape index (κ1) is 20.9. The summed E-state index contributed by atoms with van der Waals surface area (Å²) < 4.78 is 69.2. The molecule has 0 aliphatic heterocycles. The number of amides is 1. The maximum atomic E-state index is 13.9. The maximum absolute atomic E-state index is 13.9. The van der Waals surface area contributed by atoms with Crippen LogP contribution in [0.5, 0.6) is 0 Å². The highest BCUT2D eigenvalue weighted by Crippen LogP contribution is 2.28. The second kappa shape index (κ2) is 7.79. The van der Waals surface area contributed by atoms with Gasteiger partial charge < -0.3 is 4.74 Å². The van der Waals surface area contributed by atoms with Crippen molar-refractivity contribution in [2.45, 2.75) is 45.3 Å². The van der Waals surface area contributed by atoms with E-state index >= 15 is 0 Å². The zero-order valence-corrected chi connectivity index (χ0v) is 13.9. The third kappa shape index (κ3) is 5.99. The summed E-state index contributed by atoms with van der Waals surface area (Å²) in [6.45, 7) is 3.66. The molecular weight excluding hydrogens is 349 g/mol. The minimum Gasteiger partial charge on any atom is -0.456 e. The second-order valence-electron chi connectivity index (χ2n) is 6.13. The minimum absolute atomic E-state index is 0.0129. The van der Waals surface area contributed by atoms with Crippen molar-refractivity contribution in [3.8, 4) is 0 Å². The molecule has 0 aromatic heterocycles. The predicted octanol–water partition coefficient (Wildman–Crippen LogP) is 4.19. The van der Waals surface area contributed by atoms with E-state index < -0.39 is 48.7 Å². The van der Waals surface area contributed by atoms with Gasteiger partial charge in [0, 0.05) is 12.1 Å². The number of rotatable bonds is 5. The average molecular weight is 367 g/mol. The molecule has 1 amide bonds. The number of carbonyl (C=O) groups is 2. The van der Waals surface area contributed by atoms with Crippen LogP contribution in [0, 0.1) is 0 Å². The van der Waals surface area contributed by atoms with Crippen molar-refractivity contribution >= 4 is 17.6 Å². The molecule has 25 heavy (non-hydrogen) atoms. The van der Waals surface area contributed by atoms with Crippen molar-refractivity contribution in [3.05, 3.63) is 29.8 Å². The molecule has 0 fully saturated rings. The predicted molar refractivity (Wildman–Crippen MR) is 80.6 cm³/mol. The van der Waals surface area contributed by atoms with Gasteiger partial charge in [0.15, 0.2) is 6.30 Å². The van der Waals surface area contributed by atoms with Gasteiger partial charge in [0.1, 0.15) is 5.60 Å². The van der Waals surface area contributed by atoms with Gasteiger partial charge >= 0.3 is 18.1 Å². The summed E-state index contributed by atoms with van der Waals surface area (Å²) in [7, 11) is 0. The number of anilines is 1. The number of hydrogen-bond acceptors (Lipinski definition) is 3. The van der Waals surface area contributed by atoms with Crippen molar-refractivity contribution in [2.75, 3.05) is 11.6 Å². The van der Waals surface area contributed by atoms with Crippen LogP contribution >= 0.6 is 0 Å². The zero-order valence-electron chi connectivity index (χ0n) is 13.9. The Morgan fingerprint density at radius 2 is 1.64 bits per heavy atom. The Balaban J connectivity index is 3.12. The number of nitrogens with zero attached hydrogens (tertiary/aromatic N) is 1. The molecule has 0 radical (unpaired) electrons. The Bertz CT molecular complexity index is 608. The molecule has 1 unspecified atom stereocenters. The largest absolute Gasteiger partial charge is 0.471 e. The zero-order chi connectivity index (χ0) is 19.4. The van der Waals surface area contributed by atoms with E-state index in [4.69, 9.17) is 4.74 Å². The molecule has 1 aromatic carbocycles. The Labute approximate surface area is 141 Å². The molecule has 140 valence electrons. The van der Waals surface area contributed by atoms with E-state index in [1.807, 2.05) is 0 Å². The molecular formula is C16H18F5NO3. The summed E-state index contributed by atoms with van der Waals surface area (Å²) in [5.74, 6) is -3.19. The first-order valence-corrected chi connectivity index (χ1v) is 7.30. The van der Waals surface area contributed by atoms with Crippen molar-refractivity contribution in [2.24, 2.45) is 0 Å². The molecule has 0 N–H and O–H groups in total. The standard InChI is InChI=1S/C16H18F5NO3/c1-15(2,3)25-13(23)10-4-6-11(7-5-10)22(12(18)8-9-17)14(24)16(19,20)21/h4-7,12H,8-9H2,1-3H3. The topological polar surface area (TPSA) is 46.6 Å². The lowest BCUT2D eigenvalue weighted by Crippen LogP contribution is -2.46. The van der Waals surface area contributed by atoms with Gasteiger partial charge in [0.25, 0.3) is 0 Å². The number of carbonyl (C=O) groups excluding carboxylic acids is 2. The molecule has 0 saturated heterocycles. The van der Waals surface area contributed by atoms with Crippen molar-refractivity contribution in [1.82, 2.24) is 0 Å². The van der Waals surface area contributed by atoms with Crippen molar-refractivity contribution in [3.63, 3.8) is 0 Å². The highest BCUT2D eigenvalue weighted by Gasteiger charge is 2.45. The molecule has 0 saturated carbocycles. The SMILES string of the molecule is CC(C)(C)OC(=O)c1ccc(N(C(=O)C(F)(F)F)C(F)CCF)cc1. The van der Waals surface area contributed by atoms with Crippen LogP contribution in [0.25, 0.3) is 0 Å². The summed E-state index contributed by atoms with van der Waals surface area (Å²) in [6, 6.07) is 4.13. The maximum Gasteiger partial charge on any atom is 0.471 e. The molecule has 0 aliphatic rings. The lowest BCUT2D eigenvalue weighted by molar-refractivity contribution is -0.171. The van der Waals surface area contributed by atoms with Gasteiger partial charge in [-0.05, 0) is 45.0 Å². The fourth-order valence-corrected chi connectivity index (χ4v) is 1.86. The number of hydrogen-bond donors (Lipinski definition) is 0. The van der Waals surface area contributed by atoms with Gasteiger partial charge in [-0.1, -0.05) is 0 Å². The number of benzene rings is 1. The highest BCUT2D eigenvalue weighted by molar-refractivity contribution is 5.98. The normalized spacial score (nSPS) is 13.3. The fourth-order valence-electron chi connectivity index (χ4n) is 1.86. The number of esters is 1. The smallest absolute Gasteiger partial charge is 0.456 e. The fraction of sp³-hybridized carbons (Fsp3) is 0.500. The lowest BCUT2D eigenvalue weighted by atomic mass is 10.1. The van der Waals surface area contributed by atoms with Gasteiger partial charge in [0.2, 0.25) is 0 Å².